The zero-order chi connectivity index (χ0) is 26.6. The number of fused-ring (bicyclic) bond motifs is 3. The number of piperazine rings is 1. The van der Waals surface area contributed by atoms with E-state index in [-0.39, 0.29) is 11.1 Å². The Morgan fingerprint density at radius 1 is 1.08 bits per heavy atom. The van der Waals surface area contributed by atoms with Gasteiger partial charge in [-0.3, -0.25) is 4.98 Å². The van der Waals surface area contributed by atoms with Crippen LogP contribution in [-0.2, 0) is 21.8 Å². The number of hydrogen-bond donors (Lipinski definition) is 0. The lowest BCUT2D eigenvalue weighted by molar-refractivity contribution is 0.0524. The van der Waals surface area contributed by atoms with E-state index < -0.39 is 10.0 Å². The molecule has 202 valence electrons. The summed E-state index contributed by atoms with van der Waals surface area (Å²) < 4.78 is 38.3. The van der Waals surface area contributed by atoms with Crippen LogP contribution >= 0.6 is 0 Å². The largest absolute Gasteiger partial charge is 0.381 e. The van der Waals surface area contributed by atoms with Crippen molar-refractivity contribution in [3.63, 3.8) is 0 Å². The first-order chi connectivity index (χ1) is 18.3. The standard InChI is InChI=1S/C26H34N8O3S/c1-17-25(32(4)30-29-17)20-15-22-24(27-16-20)21-5-6-23(38(35,36)33-11-9-31(3)10-12-33)28-26(21)34(22)18(2)19-7-13-37-14-8-19/h5-6,15-16,18-19H,7-14H2,1-4H3/t18-/m1/s1. The van der Waals surface area contributed by atoms with E-state index >= 15 is 0 Å². The van der Waals surface area contributed by atoms with Crippen molar-refractivity contribution in [2.24, 2.45) is 13.0 Å². The monoisotopic (exact) mass is 538 g/mol. The molecule has 2 fully saturated rings. The van der Waals surface area contributed by atoms with Crippen molar-refractivity contribution in [3.05, 3.63) is 30.1 Å². The van der Waals surface area contributed by atoms with Crippen molar-refractivity contribution < 1.29 is 13.2 Å². The van der Waals surface area contributed by atoms with Crippen LogP contribution in [0.4, 0.5) is 0 Å². The third-order valence-electron chi connectivity index (χ3n) is 8.15. The van der Waals surface area contributed by atoms with Crippen LogP contribution in [0.1, 0.15) is 31.5 Å². The van der Waals surface area contributed by atoms with Gasteiger partial charge in [0, 0.05) is 69.6 Å². The molecule has 0 amide bonds. The van der Waals surface area contributed by atoms with Gasteiger partial charge in [0.15, 0.2) is 5.03 Å². The minimum absolute atomic E-state index is 0.0794. The first kappa shape index (κ1) is 25.4. The highest BCUT2D eigenvalue weighted by atomic mass is 32.2. The van der Waals surface area contributed by atoms with E-state index in [4.69, 9.17) is 14.7 Å². The summed E-state index contributed by atoms with van der Waals surface area (Å²) in [5, 5.41) is 9.31. The minimum atomic E-state index is -3.71. The summed E-state index contributed by atoms with van der Waals surface area (Å²) in [5.74, 6) is 0.381. The van der Waals surface area contributed by atoms with Crippen LogP contribution in [0, 0.1) is 12.8 Å². The zero-order valence-electron chi connectivity index (χ0n) is 22.3. The van der Waals surface area contributed by atoms with E-state index in [0.717, 1.165) is 59.4 Å². The first-order valence-electron chi connectivity index (χ1n) is 13.2. The van der Waals surface area contributed by atoms with Gasteiger partial charge >= 0.3 is 0 Å². The molecule has 0 bridgehead atoms. The highest BCUT2D eigenvalue weighted by molar-refractivity contribution is 7.89. The number of likely N-dealkylation sites (N-methyl/N-ethyl adjacent to an activating group) is 1. The van der Waals surface area contributed by atoms with Crippen LogP contribution in [0.25, 0.3) is 33.3 Å². The predicted molar refractivity (Wildman–Crippen MR) is 144 cm³/mol. The van der Waals surface area contributed by atoms with Gasteiger partial charge in [0.1, 0.15) is 5.65 Å². The highest BCUT2D eigenvalue weighted by Crippen LogP contribution is 2.37. The number of hydrogen-bond acceptors (Lipinski definition) is 8. The molecule has 0 aromatic carbocycles. The van der Waals surface area contributed by atoms with Gasteiger partial charge in [0.2, 0.25) is 0 Å². The van der Waals surface area contributed by atoms with E-state index in [1.807, 2.05) is 33.3 Å². The van der Waals surface area contributed by atoms with E-state index in [1.165, 1.54) is 0 Å². The van der Waals surface area contributed by atoms with Gasteiger partial charge in [-0.15, -0.1) is 5.10 Å². The Hall–Kier alpha value is -2.93. The molecule has 4 aromatic heterocycles. The third-order valence-corrected chi connectivity index (χ3v) is 9.95. The number of rotatable bonds is 5. The number of pyridine rings is 2. The van der Waals surface area contributed by atoms with Crippen molar-refractivity contribution in [1.82, 2.24) is 38.7 Å². The zero-order valence-corrected chi connectivity index (χ0v) is 23.1. The van der Waals surface area contributed by atoms with Crippen LogP contribution in [0.15, 0.2) is 29.4 Å². The molecule has 1 atom stereocenters. The smallest absolute Gasteiger partial charge is 0.260 e. The molecule has 0 radical (unpaired) electrons. The Morgan fingerprint density at radius 3 is 2.50 bits per heavy atom. The molecule has 12 heteroatoms. The highest BCUT2D eigenvalue weighted by Gasteiger charge is 2.31. The summed E-state index contributed by atoms with van der Waals surface area (Å²) in [5.41, 5.74) is 5.04. The van der Waals surface area contributed by atoms with Crippen LogP contribution in [0.2, 0.25) is 0 Å². The fourth-order valence-corrected chi connectivity index (χ4v) is 7.22. The molecular formula is C26H34N8O3S. The fourth-order valence-electron chi connectivity index (χ4n) is 5.87. The number of aromatic nitrogens is 6. The van der Waals surface area contributed by atoms with Gasteiger partial charge in [0.05, 0.1) is 22.4 Å². The number of sulfonamides is 1. The number of nitrogens with zero attached hydrogens (tertiary/aromatic N) is 8. The van der Waals surface area contributed by atoms with Crippen LogP contribution in [-0.4, -0.2) is 93.6 Å². The molecule has 0 unspecified atom stereocenters. The van der Waals surface area contributed by atoms with Crippen molar-refractivity contribution >= 4 is 32.1 Å². The third kappa shape index (κ3) is 4.19. The predicted octanol–water partition coefficient (Wildman–Crippen LogP) is 2.61. The average molecular weight is 539 g/mol. The second-order valence-electron chi connectivity index (χ2n) is 10.5. The summed E-state index contributed by atoms with van der Waals surface area (Å²) in [4.78, 5) is 11.8. The molecule has 2 saturated heterocycles. The normalized spacial score (nSPS) is 19.5. The van der Waals surface area contributed by atoms with E-state index in [0.29, 0.717) is 37.7 Å². The summed E-state index contributed by atoms with van der Waals surface area (Å²) in [6.07, 6.45) is 3.73. The van der Waals surface area contributed by atoms with E-state index in [2.05, 4.69) is 32.8 Å². The second-order valence-corrected chi connectivity index (χ2v) is 12.4. The summed E-state index contributed by atoms with van der Waals surface area (Å²) in [7, 11) is 0.166. The molecule has 2 aliphatic heterocycles. The van der Waals surface area contributed by atoms with Crippen molar-refractivity contribution in [2.75, 3.05) is 46.4 Å². The lowest BCUT2D eigenvalue weighted by atomic mass is 9.92. The van der Waals surface area contributed by atoms with Crippen LogP contribution < -0.4 is 0 Å². The topological polar surface area (TPSA) is 111 Å². The Kier molecular flexibility index (Phi) is 6.45. The van der Waals surface area contributed by atoms with Gasteiger partial charge in [-0.2, -0.15) is 4.31 Å². The van der Waals surface area contributed by atoms with E-state index in [9.17, 15) is 8.42 Å². The SMILES string of the molecule is Cc1nnn(C)c1-c1cnc2c3ccc(S(=O)(=O)N4CCN(C)CC4)nc3n([C@H](C)C3CCOCC3)c2c1. The van der Waals surface area contributed by atoms with Gasteiger partial charge in [0.25, 0.3) is 10.0 Å². The molecular weight excluding hydrogens is 504 g/mol. The molecule has 11 nitrogen and oxygen atoms in total. The lowest BCUT2D eigenvalue weighted by Crippen LogP contribution is -2.47. The molecule has 2 aliphatic rings. The molecule has 0 spiro atoms. The maximum absolute atomic E-state index is 13.6. The lowest BCUT2D eigenvalue weighted by Gasteiger charge is -2.31. The summed E-state index contributed by atoms with van der Waals surface area (Å²) >= 11 is 0. The van der Waals surface area contributed by atoms with Gasteiger partial charge < -0.3 is 14.2 Å². The molecule has 0 aliphatic carbocycles. The summed E-state index contributed by atoms with van der Waals surface area (Å²) in [6, 6.07) is 5.68. The maximum Gasteiger partial charge on any atom is 0.260 e. The van der Waals surface area contributed by atoms with Crippen LogP contribution in [0.3, 0.4) is 0 Å². The number of aryl methyl sites for hydroxylation is 2. The quantitative estimate of drug-likeness (QED) is 0.381. The second kappa shape index (κ2) is 9.67. The number of ether oxygens (including phenoxy) is 1. The molecule has 0 N–H and O–H groups in total. The fraction of sp³-hybridized carbons (Fsp3) is 0.538. The van der Waals surface area contributed by atoms with Crippen molar-refractivity contribution in [3.8, 4) is 11.3 Å². The van der Waals surface area contributed by atoms with Gasteiger partial charge in [-0.05, 0) is 57.9 Å². The van der Waals surface area contributed by atoms with Gasteiger partial charge in [-0.1, -0.05) is 5.21 Å². The Labute approximate surface area is 222 Å². The van der Waals surface area contributed by atoms with Crippen LogP contribution in [0.5, 0.6) is 0 Å². The molecule has 4 aromatic rings. The maximum atomic E-state index is 13.6. The average Bonchev–Trinajstić information content (AvgIpc) is 3.43. The Balaban J connectivity index is 1.54. The van der Waals surface area contributed by atoms with Crippen molar-refractivity contribution in [2.45, 2.75) is 37.8 Å². The van der Waals surface area contributed by atoms with E-state index in [1.54, 1.807) is 15.1 Å². The summed E-state index contributed by atoms with van der Waals surface area (Å²) in [6.45, 7) is 7.92. The van der Waals surface area contributed by atoms with Crippen molar-refractivity contribution in [1.29, 1.82) is 0 Å². The molecule has 6 rings (SSSR count). The Bertz CT molecular complexity index is 1580. The molecule has 38 heavy (non-hydrogen) atoms. The first-order valence-corrected chi connectivity index (χ1v) is 14.6. The minimum Gasteiger partial charge on any atom is -0.381 e. The van der Waals surface area contributed by atoms with Gasteiger partial charge in [-0.25, -0.2) is 18.1 Å². The Morgan fingerprint density at radius 2 is 1.82 bits per heavy atom. The molecule has 6 heterocycles. The molecule has 0 saturated carbocycles.